The van der Waals surface area contributed by atoms with Crippen molar-refractivity contribution in [1.29, 1.82) is 0 Å². The minimum absolute atomic E-state index is 0.289. The molecular formula is C13H19NO4. The van der Waals surface area contributed by atoms with Gasteiger partial charge < -0.3 is 14.5 Å². The van der Waals surface area contributed by atoms with Crippen LogP contribution < -0.4 is 5.32 Å². The lowest BCUT2D eigenvalue weighted by Gasteiger charge is -2.12. The SMILES string of the molecule is CCCNC(=O)C(C)OC(=O)c1cc(C)oc1C. The number of amides is 1. The molecule has 0 radical (unpaired) electrons. The second-order valence-electron chi connectivity index (χ2n) is 4.17. The molecule has 5 nitrogen and oxygen atoms in total. The Hall–Kier alpha value is -1.78. The Morgan fingerprint density at radius 2 is 2.11 bits per heavy atom. The molecule has 1 heterocycles. The van der Waals surface area contributed by atoms with Gasteiger partial charge in [-0.1, -0.05) is 6.92 Å². The fraction of sp³-hybridized carbons (Fsp3) is 0.538. The van der Waals surface area contributed by atoms with E-state index in [0.717, 1.165) is 6.42 Å². The maximum absolute atomic E-state index is 11.8. The monoisotopic (exact) mass is 253 g/mol. The lowest BCUT2D eigenvalue weighted by molar-refractivity contribution is -0.129. The molecule has 1 rings (SSSR count). The minimum Gasteiger partial charge on any atom is -0.466 e. The Balaban J connectivity index is 2.59. The predicted octanol–water partition coefficient (Wildman–Crippen LogP) is 1.97. The normalized spacial score (nSPS) is 12.0. The molecule has 0 saturated heterocycles. The van der Waals surface area contributed by atoms with E-state index in [2.05, 4.69) is 5.32 Å². The van der Waals surface area contributed by atoms with Gasteiger partial charge in [0.15, 0.2) is 6.10 Å². The first-order valence-electron chi connectivity index (χ1n) is 6.01. The molecule has 0 aliphatic heterocycles. The highest BCUT2D eigenvalue weighted by Crippen LogP contribution is 2.15. The van der Waals surface area contributed by atoms with Gasteiger partial charge in [0.25, 0.3) is 5.91 Å². The van der Waals surface area contributed by atoms with Crippen molar-refractivity contribution in [3.05, 3.63) is 23.2 Å². The van der Waals surface area contributed by atoms with E-state index in [0.29, 0.717) is 23.6 Å². The molecule has 100 valence electrons. The quantitative estimate of drug-likeness (QED) is 0.814. The number of nitrogens with one attached hydrogen (secondary N) is 1. The van der Waals surface area contributed by atoms with Gasteiger partial charge in [-0.25, -0.2) is 4.79 Å². The van der Waals surface area contributed by atoms with Crippen LogP contribution in [0.3, 0.4) is 0 Å². The number of hydrogen-bond donors (Lipinski definition) is 1. The van der Waals surface area contributed by atoms with Crippen LogP contribution in [0.25, 0.3) is 0 Å². The van der Waals surface area contributed by atoms with Gasteiger partial charge in [0.1, 0.15) is 17.1 Å². The lowest BCUT2D eigenvalue weighted by Crippen LogP contribution is -2.36. The molecule has 1 atom stereocenters. The molecule has 1 unspecified atom stereocenters. The van der Waals surface area contributed by atoms with Crippen LogP contribution in [0.4, 0.5) is 0 Å². The maximum Gasteiger partial charge on any atom is 0.342 e. The van der Waals surface area contributed by atoms with Crippen LogP contribution in [-0.4, -0.2) is 24.5 Å². The molecule has 1 N–H and O–H groups in total. The molecule has 0 bridgehead atoms. The first kappa shape index (κ1) is 14.3. The Kier molecular flexibility index (Phi) is 4.95. The average Bonchev–Trinajstić information content (AvgIpc) is 2.65. The van der Waals surface area contributed by atoms with Crippen molar-refractivity contribution in [2.24, 2.45) is 0 Å². The van der Waals surface area contributed by atoms with Gasteiger partial charge in [-0.05, 0) is 33.3 Å². The summed E-state index contributed by atoms with van der Waals surface area (Å²) in [7, 11) is 0. The number of carbonyl (C=O) groups is 2. The van der Waals surface area contributed by atoms with Gasteiger partial charge in [-0.2, -0.15) is 0 Å². The van der Waals surface area contributed by atoms with E-state index in [1.54, 1.807) is 26.8 Å². The number of carbonyl (C=O) groups excluding carboxylic acids is 2. The van der Waals surface area contributed by atoms with E-state index in [1.807, 2.05) is 6.92 Å². The second-order valence-corrected chi connectivity index (χ2v) is 4.17. The Labute approximate surface area is 106 Å². The fourth-order valence-corrected chi connectivity index (χ4v) is 1.50. The molecule has 0 aliphatic rings. The standard InChI is InChI=1S/C13H19NO4/c1-5-6-14-12(15)10(4)18-13(16)11-7-8(2)17-9(11)3/h7,10H,5-6H2,1-4H3,(H,14,15). The maximum atomic E-state index is 11.8. The number of aryl methyl sites for hydroxylation is 2. The largest absolute Gasteiger partial charge is 0.466 e. The highest BCUT2D eigenvalue weighted by Gasteiger charge is 2.21. The highest BCUT2D eigenvalue weighted by molar-refractivity contribution is 5.93. The average molecular weight is 253 g/mol. The fourth-order valence-electron chi connectivity index (χ4n) is 1.50. The number of ether oxygens (including phenoxy) is 1. The van der Waals surface area contributed by atoms with Crippen molar-refractivity contribution >= 4 is 11.9 Å². The Morgan fingerprint density at radius 3 is 2.61 bits per heavy atom. The number of furan rings is 1. The Morgan fingerprint density at radius 1 is 1.44 bits per heavy atom. The summed E-state index contributed by atoms with van der Waals surface area (Å²) in [5.74, 6) is 0.313. The van der Waals surface area contributed by atoms with E-state index in [-0.39, 0.29) is 5.91 Å². The second kappa shape index (κ2) is 6.23. The molecule has 1 aromatic heterocycles. The zero-order valence-corrected chi connectivity index (χ0v) is 11.2. The van der Waals surface area contributed by atoms with Crippen molar-refractivity contribution in [3.63, 3.8) is 0 Å². The van der Waals surface area contributed by atoms with E-state index >= 15 is 0 Å². The lowest BCUT2D eigenvalue weighted by atomic mass is 10.2. The van der Waals surface area contributed by atoms with E-state index in [4.69, 9.17) is 9.15 Å². The highest BCUT2D eigenvalue weighted by atomic mass is 16.5. The van der Waals surface area contributed by atoms with Gasteiger partial charge in [0.2, 0.25) is 0 Å². The van der Waals surface area contributed by atoms with Crippen LogP contribution in [0.2, 0.25) is 0 Å². The third-order valence-corrected chi connectivity index (χ3v) is 2.46. The van der Waals surface area contributed by atoms with Crippen molar-refractivity contribution in [3.8, 4) is 0 Å². The zero-order chi connectivity index (χ0) is 13.7. The van der Waals surface area contributed by atoms with E-state index < -0.39 is 12.1 Å². The summed E-state index contributed by atoms with van der Waals surface area (Å²) in [6.45, 7) is 7.51. The van der Waals surface area contributed by atoms with Crippen LogP contribution in [0, 0.1) is 13.8 Å². The first-order valence-corrected chi connectivity index (χ1v) is 6.01. The molecule has 0 aliphatic carbocycles. The van der Waals surface area contributed by atoms with Gasteiger partial charge in [0, 0.05) is 6.54 Å². The van der Waals surface area contributed by atoms with Crippen LogP contribution in [0.15, 0.2) is 10.5 Å². The molecule has 0 aromatic carbocycles. The van der Waals surface area contributed by atoms with Crippen LogP contribution in [0.5, 0.6) is 0 Å². The smallest absolute Gasteiger partial charge is 0.342 e. The molecule has 5 heteroatoms. The van der Waals surface area contributed by atoms with Crippen LogP contribution in [-0.2, 0) is 9.53 Å². The molecule has 0 spiro atoms. The van der Waals surface area contributed by atoms with Gasteiger partial charge >= 0.3 is 5.97 Å². The van der Waals surface area contributed by atoms with Crippen molar-refractivity contribution in [2.75, 3.05) is 6.54 Å². The third kappa shape index (κ3) is 3.61. The molecule has 1 aromatic rings. The predicted molar refractivity (Wildman–Crippen MR) is 66.4 cm³/mol. The topological polar surface area (TPSA) is 68.5 Å². The summed E-state index contributed by atoms with van der Waals surface area (Å²) < 4.78 is 10.3. The molecule has 18 heavy (non-hydrogen) atoms. The summed E-state index contributed by atoms with van der Waals surface area (Å²) in [6, 6.07) is 1.61. The summed E-state index contributed by atoms with van der Waals surface area (Å²) in [5, 5.41) is 2.67. The van der Waals surface area contributed by atoms with Gasteiger partial charge in [0.05, 0.1) is 0 Å². The van der Waals surface area contributed by atoms with Gasteiger partial charge in [-0.15, -0.1) is 0 Å². The summed E-state index contributed by atoms with van der Waals surface area (Å²) in [6.07, 6.45) is 0.0329. The summed E-state index contributed by atoms with van der Waals surface area (Å²) in [5.41, 5.74) is 0.364. The number of rotatable bonds is 5. The minimum atomic E-state index is -0.807. The molecule has 1 amide bonds. The number of esters is 1. The van der Waals surface area contributed by atoms with Crippen molar-refractivity contribution < 1.29 is 18.7 Å². The van der Waals surface area contributed by atoms with Gasteiger partial charge in [-0.3, -0.25) is 4.79 Å². The van der Waals surface area contributed by atoms with E-state index in [1.165, 1.54) is 0 Å². The van der Waals surface area contributed by atoms with Crippen molar-refractivity contribution in [2.45, 2.75) is 40.2 Å². The molecule has 0 fully saturated rings. The number of hydrogen-bond acceptors (Lipinski definition) is 4. The zero-order valence-electron chi connectivity index (χ0n) is 11.2. The summed E-state index contributed by atoms with van der Waals surface area (Å²) in [4.78, 5) is 23.4. The van der Waals surface area contributed by atoms with Crippen LogP contribution in [0.1, 0.15) is 42.1 Å². The summed E-state index contributed by atoms with van der Waals surface area (Å²) >= 11 is 0. The van der Waals surface area contributed by atoms with Crippen molar-refractivity contribution in [1.82, 2.24) is 5.32 Å². The Bertz CT molecular complexity index is 436. The van der Waals surface area contributed by atoms with Crippen LogP contribution >= 0.6 is 0 Å². The first-order chi connectivity index (χ1) is 8.45. The third-order valence-electron chi connectivity index (χ3n) is 2.46. The van der Waals surface area contributed by atoms with E-state index in [9.17, 15) is 9.59 Å². The molecular weight excluding hydrogens is 234 g/mol. The molecule has 0 saturated carbocycles.